The van der Waals surface area contributed by atoms with Gasteiger partial charge in [-0.05, 0) is 0 Å². The van der Waals surface area contributed by atoms with Crippen molar-refractivity contribution >= 4 is 7.85 Å². The molecule has 0 aromatic carbocycles. The number of hydrogen-bond acceptors (Lipinski definition) is 5. The fraction of sp³-hybridized carbons (Fsp3) is 1.00. The Morgan fingerprint density at radius 3 is 2.64 bits per heavy atom. The second-order valence-electron chi connectivity index (χ2n) is 3.14. The van der Waals surface area contributed by atoms with Crippen LogP contribution in [0.15, 0.2) is 0 Å². The highest BCUT2D eigenvalue weighted by molar-refractivity contribution is 6.11. The highest BCUT2D eigenvalue weighted by atomic mass is 16.6. The molecule has 1 aliphatic heterocycles. The molecule has 2 N–H and O–H groups in total. The number of ether oxygens (including phenoxy) is 3. The molecule has 0 aliphatic carbocycles. The zero-order valence-corrected chi connectivity index (χ0v) is 8.13. The molecule has 5 nitrogen and oxygen atoms in total. The SMILES string of the molecule is [B][C@@H]1O[C@H](CO)C(O)[C@@H]1OCCOC. The summed E-state index contributed by atoms with van der Waals surface area (Å²) in [7, 11) is 7.12. The van der Waals surface area contributed by atoms with Crippen LogP contribution in [0.25, 0.3) is 0 Å². The van der Waals surface area contributed by atoms with E-state index in [-0.39, 0.29) is 6.61 Å². The molecule has 0 saturated carbocycles. The summed E-state index contributed by atoms with van der Waals surface area (Å²) in [5.41, 5.74) is 0. The quantitative estimate of drug-likeness (QED) is 0.409. The Hall–Kier alpha value is -0.135. The zero-order chi connectivity index (χ0) is 10.6. The van der Waals surface area contributed by atoms with Crippen LogP contribution in [-0.2, 0) is 14.2 Å². The zero-order valence-electron chi connectivity index (χ0n) is 8.13. The number of aliphatic hydroxyl groups excluding tert-OH is 2. The summed E-state index contributed by atoms with van der Waals surface area (Å²) in [6, 6.07) is -0.695. The van der Waals surface area contributed by atoms with E-state index in [4.69, 9.17) is 27.2 Å². The normalized spacial score (nSPS) is 37.6. The van der Waals surface area contributed by atoms with Crippen LogP contribution >= 0.6 is 0 Å². The molecule has 0 aromatic heterocycles. The minimum Gasteiger partial charge on any atom is -0.394 e. The second-order valence-corrected chi connectivity index (χ2v) is 3.14. The molecule has 0 amide bonds. The summed E-state index contributed by atoms with van der Waals surface area (Å²) in [6.45, 7) is 0.506. The molecule has 2 radical (unpaired) electrons. The minimum absolute atomic E-state index is 0.265. The Morgan fingerprint density at radius 1 is 1.43 bits per heavy atom. The van der Waals surface area contributed by atoms with Crippen LogP contribution in [-0.4, -0.2) is 69.3 Å². The van der Waals surface area contributed by atoms with Gasteiger partial charge in [0, 0.05) is 13.1 Å². The van der Waals surface area contributed by atoms with Gasteiger partial charge < -0.3 is 24.4 Å². The Kier molecular flexibility index (Phi) is 4.84. The van der Waals surface area contributed by atoms with E-state index in [1.807, 2.05) is 0 Å². The van der Waals surface area contributed by atoms with E-state index in [1.165, 1.54) is 0 Å². The first kappa shape index (κ1) is 11.9. The minimum atomic E-state index is -0.883. The molecule has 1 rings (SSSR count). The van der Waals surface area contributed by atoms with E-state index in [0.29, 0.717) is 13.2 Å². The average Bonchev–Trinajstić information content (AvgIpc) is 2.45. The molecule has 1 fully saturated rings. The van der Waals surface area contributed by atoms with Gasteiger partial charge >= 0.3 is 0 Å². The van der Waals surface area contributed by atoms with Gasteiger partial charge in [-0.25, -0.2) is 0 Å². The van der Waals surface area contributed by atoms with Crippen LogP contribution in [0.2, 0.25) is 0 Å². The first-order valence-corrected chi connectivity index (χ1v) is 4.51. The van der Waals surface area contributed by atoms with Crippen LogP contribution in [0.4, 0.5) is 0 Å². The summed E-state index contributed by atoms with van der Waals surface area (Å²) in [6.07, 6.45) is -2.13. The first-order chi connectivity index (χ1) is 6.70. The lowest BCUT2D eigenvalue weighted by Crippen LogP contribution is -2.37. The van der Waals surface area contributed by atoms with Gasteiger partial charge in [-0.2, -0.15) is 0 Å². The summed E-state index contributed by atoms with van der Waals surface area (Å²) < 4.78 is 15.1. The molecule has 1 unspecified atom stereocenters. The van der Waals surface area contributed by atoms with Crippen LogP contribution in [0.1, 0.15) is 0 Å². The first-order valence-electron chi connectivity index (χ1n) is 4.51. The van der Waals surface area contributed by atoms with Crippen LogP contribution in [0.5, 0.6) is 0 Å². The Bertz CT molecular complexity index is 168. The number of aliphatic hydroxyl groups is 2. The Morgan fingerprint density at radius 2 is 2.14 bits per heavy atom. The van der Waals surface area contributed by atoms with Gasteiger partial charge in [-0.3, -0.25) is 0 Å². The fourth-order valence-corrected chi connectivity index (χ4v) is 1.38. The van der Waals surface area contributed by atoms with Gasteiger partial charge in [0.25, 0.3) is 0 Å². The molecule has 0 bridgehead atoms. The maximum atomic E-state index is 9.59. The lowest BCUT2D eigenvalue weighted by molar-refractivity contribution is -0.0415. The van der Waals surface area contributed by atoms with E-state index in [1.54, 1.807) is 7.11 Å². The van der Waals surface area contributed by atoms with Crippen molar-refractivity contribution in [2.45, 2.75) is 24.3 Å². The van der Waals surface area contributed by atoms with Gasteiger partial charge in [-0.1, -0.05) is 0 Å². The average molecular weight is 202 g/mol. The van der Waals surface area contributed by atoms with Crippen molar-refractivity contribution in [3.05, 3.63) is 0 Å². The van der Waals surface area contributed by atoms with Gasteiger partial charge in [0.1, 0.15) is 26.2 Å². The summed E-state index contributed by atoms with van der Waals surface area (Å²) in [5, 5.41) is 18.4. The largest absolute Gasteiger partial charge is 0.394 e. The van der Waals surface area contributed by atoms with Crippen molar-refractivity contribution in [1.29, 1.82) is 0 Å². The Balaban J connectivity index is 2.36. The molecular weight excluding hydrogens is 187 g/mol. The fourth-order valence-electron chi connectivity index (χ4n) is 1.38. The summed E-state index contributed by atoms with van der Waals surface area (Å²) in [4.78, 5) is 0. The third-order valence-electron chi connectivity index (χ3n) is 2.15. The summed E-state index contributed by atoms with van der Waals surface area (Å²) >= 11 is 0. The number of hydrogen-bond donors (Lipinski definition) is 2. The van der Waals surface area contributed by atoms with E-state index in [0.717, 1.165) is 0 Å². The molecule has 80 valence electrons. The van der Waals surface area contributed by atoms with Crippen molar-refractivity contribution < 1.29 is 24.4 Å². The Labute approximate surface area is 84.4 Å². The van der Waals surface area contributed by atoms with Crippen molar-refractivity contribution in [2.24, 2.45) is 0 Å². The predicted molar refractivity (Wildman–Crippen MR) is 49.1 cm³/mol. The third kappa shape index (κ3) is 2.68. The smallest absolute Gasteiger partial charge is 0.112 e. The van der Waals surface area contributed by atoms with E-state index < -0.39 is 24.3 Å². The monoisotopic (exact) mass is 202 g/mol. The third-order valence-corrected chi connectivity index (χ3v) is 2.15. The van der Waals surface area contributed by atoms with Crippen LogP contribution in [0.3, 0.4) is 0 Å². The molecule has 0 aromatic rings. The molecule has 0 spiro atoms. The highest BCUT2D eigenvalue weighted by Crippen LogP contribution is 2.21. The van der Waals surface area contributed by atoms with Gasteiger partial charge in [0.15, 0.2) is 0 Å². The van der Waals surface area contributed by atoms with Gasteiger partial charge in [0.2, 0.25) is 0 Å². The number of methoxy groups -OCH3 is 1. The highest BCUT2D eigenvalue weighted by Gasteiger charge is 2.41. The lowest BCUT2D eigenvalue weighted by Gasteiger charge is -2.18. The molecule has 6 heteroatoms. The lowest BCUT2D eigenvalue weighted by atomic mass is 9.93. The van der Waals surface area contributed by atoms with Crippen molar-refractivity contribution in [1.82, 2.24) is 0 Å². The van der Waals surface area contributed by atoms with Crippen LogP contribution < -0.4 is 0 Å². The van der Waals surface area contributed by atoms with Crippen molar-refractivity contribution in [2.75, 3.05) is 26.9 Å². The van der Waals surface area contributed by atoms with Crippen molar-refractivity contribution in [3.63, 3.8) is 0 Å². The van der Waals surface area contributed by atoms with E-state index in [9.17, 15) is 5.11 Å². The maximum Gasteiger partial charge on any atom is 0.112 e. The number of rotatable bonds is 5. The standard InChI is InChI=1S/C8H15BO5/c1-12-2-3-13-7-6(11)5(4-10)14-8(7)9/h5-8,10-11H,2-4H2,1H3/t5-,6?,7+,8-/m1/s1. The molecule has 1 saturated heterocycles. The van der Waals surface area contributed by atoms with E-state index >= 15 is 0 Å². The maximum absolute atomic E-state index is 9.59. The molecule has 1 heterocycles. The topological polar surface area (TPSA) is 68.2 Å². The second kappa shape index (κ2) is 5.67. The molecule has 1 aliphatic rings. The molecule has 4 atom stereocenters. The van der Waals surface area contributed by atoms with E-state index in [2.05, 4.69) is 0 Å². The van der Waals surface area contributed by atoms with Crippen molar-refractivity contribution in [3.8, 4) is 0 Å². The summed E-state index contributed by atoms with van der Waals surface area (Å²) in [5.74, 6) is 0. The molecule has 14 heavy (non-hydrogen) atoms. The van der Waals surface area contributed by atoms with Gasteiger partial charge in [0.05, 0.1) is 19.8 Å². The van der Waals surface area contributed by atoms with Gasteiger partial charge in [-0.15, -0.1) is 0 Å². The van der Waals surface area contributed by atoms with Crippen LogP contribution in [0, 0.1) is 0 Å². The molecular formula is C8H15BO5. The predicted octanol–water partition coefficient (Wildman–Crippen LogP) is -1.74.